The topological polar surface area (TPSA) is 68.5 Å². The van der Waals surface area contributed by atoms with Gasteiger partial charge in [-0.25, -0.2) is 9.50 Å². The minimum Gasteiger partial charge on any atom is -0.493 e. The first-order chi connectivity index (χ1) is 13.3. The number of fused-ring (bicyclic) bond motifs is 2. The van der Waals surface area contributed by atoms with Gasteiger partial charge in [-0.3, -0.25) is 4.79 Å². The van der Waals surface area contributed by atoms with Crippen LogP contribution in [0.5, 0.6) is 5.75 Å². The van der Waals surface area contributed by atoms with Crippen molar-refractivity contribution >= 4 is 17.2 Å². The molecule has 3 heterocycles. The van der Waals surface area contributed by atoms with Crippen LogP contribution in [0.15, 0.2) is 67.0 Å². The molecular formula is C21H16N4O2. The predicted octanol–water partition coefficient (Wildman–Crippen LogP) is 3.58. The second-order valence-corrected chi connectivity index (χ2v) is 6.36. The van der Waals surface area contributed by atoms with Gasteiger partial charge >= 0.3 is 0 Å². The molecule has 2 aromatic heterocycles. The first-order valence-electron chi connectivity index (χ1n) is 8.75. The molecule has 6 nitrogen and oxygen atoms in total. The second-order valence-electron chi connectivity index (χ2n) is 6.36. The van der Waals surface area contributed by atoms with Crippen LogP contribution >= 0.6 is 0 Å². The number of benzene rings is 2. The van der Waals surface area contributed by atoms with Gasteiger partial charge in [0.15, 0.2) is 5.65 Å². The van der Waals surface area contributed by atoms with Crippen LogP contribution in [0.4, 0.5) is 5.69 Å². The fourth-order valence-electron chi connectivity index (χ4n) is 3.34. The van der Waals surface area contributed by atoms with Crippen LogP contribution in [0.1, 0.15) is 15.9 Å². The van der Waals surface area contributed by atoms with Crippen LogP contribution in [0, 0.1) is 0 Å². The van der Waals surface area contributed by atoms with E-state index in [9.17, 15) is 4.79 Å². The van der Waals surface area contributed by atoms with Gasteiger partial charge in [0.1, 0.15) is 11.3 Å². The lowest BCUT2D eigenvalue weighted by atomic mass is 10.1. The molecule has 0 spiro atoms. The molecule has 5 rings (SSSR count). The maximum absolute atomic E-state index is 12.8. The van der Waals surface area contributed by atoms with E-state index in [0.717, 1.165) is 34.7 Å². The van der Waals surface area contributed by atoms with Gasteiger partial charge in [0.05, 0.1) is 18.5 Å². The Morgan fingerprint density at radius 3 is 2.89 bits per heavy atom. The van der Waals surface area contributed by atoms with E-state index in [0.29, 0.717) is 17.8 Å². The van der Waals surface area contributed by atoms with Crippen molar-refractivity contribution in [3.8, 4) is 17.0 Å². The maximum atomic E-state index is 12.8. The van der Waals surface area contributed by atoms with Crippen LogP contribution in [0.25, 0.3) is 16.9 Å². The van der Waals surface area contributed by atoms with Crippen molar-refractivity contribution < 1.29 is 9.53 Å². The number of nitrogens with zero attached hydrogens (tertiary/aromatic N) is 3. The molecule has 132 valence electrons. The van der Waals surface area contributed by atoms with Crippen LogP contribution in [-0.4, -0.2) is 27.1 Å². The van der Waals surface area contributed by atoms with Crippen LogP contribution in [-0.2, 0) is 6.42 Å². The van der Waals surface area contributed by atoms with E-state index in [1.165, 1.54) is 0 Å². The Kier molecular flexibility index (Phi) is 3.60. The number of hydrogen-bond acceptors (Lipinski definition) is 4. The summed E-state index contributed by atoms with van der Waals surface area (Å²) in [4.78, 5) is 17.2. The van der Waals surface area contributed by atoms with E-state index in [-0.39, 0.29) is 5.91 Å². The number of carbonyl (C=O) groups is 1. The zero-order valence-corrected chi connectivity index (χ0v) is 14.4. The van der Waals surface area contributed by atoms with E-state index in [1.807, 2.05) is 54.6 Å². The predicted molar refractivity (Wildman–Crippen MR) is 102 cm³/mol. The van der Waals surface area contributed by atoms with E-state index in [4.69, 9.17) is 4.74 Å². The molecule has 1 amide bonds. The number of anilines is 1. The molecule has 0 fully saturated rings. The second kappa shape index (κ2) is 6.25. The standard InChI is InChI=1S/C21H16N4O2/c26-21(24-16-6-7-19-15(12-16)9-11-27-19)17-13-23-25-18(8-10-22-20(17)25)14-4-2-1-3-5-14/h1-8,10,12-13H,9,11H2,(H,24,26). The molecule has 0 saturated heterocycles. The van der Waals surface area contributed by atoms with Crippen LogP contribution in [0.2, 0.25) is 0 Å². The molecule has 0 atom stereocenters. The van der Waals surface area contributed by atoms with Gasteiger partial charge < -0.3 is 10.1 Å². The lowest BCUT2D eigenvalue weighted by molar-refractivity contribution is 0.102. The van der Waals surface area contributed by atoms with Crippen LogP contribution < -0.4 is 10.1 Å². The highest BCUT2D eigenvalue weighted by molar-refractivity contribution is 6.08. The van der Waals surface area contributed by atoms with Crippen LogP contribution in [0.3, 0.4) is 0 Å². The number of rotatable bonds is 3. The molecule has 0 saturated carbocycles. The molecule has 2 aromatic carbocycles. The van der Waals surface area contributed by atoms with E-state index >= 15 is 0 Å². The van der Waals surface area contributed by atoms with E-state index < -0.39 is 0 Å². The monoisotopic (exact) mass is 356 g/mol. The summed E-state index contributed by atoms with van der Waals surface area (Å²) >= 11 is 0. The first-order valence-corrected chi connectivity index (χ1v) is 8.75. The summed E-state index contributed by atoms with van der Waals surface area (Å²) in [6.45, 7) is 0.687. The molecule has 4 aromatic rings. The Hall–Kier alpha value is -3.67. The third kappa shape index (κ3) is 2.71. The van der Waals surface area contributed by atoms with E-state index in [1.54, 1.807) is 16.9 Å². The Labute approximate surface area is 155 Å². The highest BCUT2D eigenvalue weighted by atomic mass is 16.5. The minimum atomic E-state index is -0.235. The van der Waals surface area contributed by atoms with Crippen molar-refractivity contribution in [2.45, 2.75) is 6.42 Å². The maximum Gasteiger partial charge on any atom is 0.261 e. The molecule has 0 radical (unpaired) electrons. The third-order valence-electron chi connectivity index (χ3n) is 4.66. The molecule has 0 unspecified atom stereocenters. The Bertz CT molecular complexity index is 1150. The summed E-state index contributed by atoms with van der Waals surface area (Å²) < 4.78 is 7.20. The number of amides is 1. The highest BCUT2D eigenvalue weighted by Gasteiger charge is 2.18. The third-order valence-corrected chi connectivity index (χ3v) is 4.66. The number of ether oxygens (including phenoxy) is 1. The molecule has 6 heteroatoms. The zero-order valence-electron chi connectivity index (χ0n) is 14.4. The van der Waals surface area contributed by atoms with Gasteiger partial charge in [0, 0.05) is 23.9 Å². The van der Waals surface area contributed by atoms with Gasteiger partial charge in [-0.05, 0) is 29.8 Å². The quantitative estimate of drug-likeness (QED) is 0.609. The van der Waals surface area contributed by atoms with Gasteiger partial charge in [0.2, 0.25) is 0 Å². The first kappa shape index (κ1) is 15.6. The van der Waals surface area contributed by atoms with Crippen molar-refractivity contribution in [3.05, 3.63) is 78.1 Å². The number of hydrogen-bond donors (Lipinski definition) is 1. The van der Waals surface area contributed by atoms with Crippen molar-refractivity contribution in [2.24, 2.45) is 0 Å². The summed E-state index contributed by atoms with van der Waals surface area (Å²) in [6.07, 6.45) is 4.11. The lowest BCUT2D eigenvalue weighted by Crippen LogP contribution is -2.12. The van der Waals surface area contributed by atoms with Gasteiger partial charge in [-0.15, -0.1) is 0 Å². The average Bonchev–Trinajstić information content (AvgIpc) is 3.35. The summed E-state index contributed by atoms with van der Waals surface area (Å²) in [7, 11) is 0. The normalized spacial score (nSPS) is 12.6. The molecule has 27 heavy (non-hydrogen) atoms. The van der Waals surface area contributed by atoms with Gasteiger partial charge in [0.25, 0.3) is 5.91 Å². The molecule has 0 aliphatic carbocycles. The number of nitrogens with one attached hydrogen (secondary N) is 1. The van der Waals surface area contributed by atoms with Crippen molar-refractivity contribution in [2.75, 3.05) is 11.9 Å². The summed E-state index contributed by atoms with van der Waals surface area (Å²) in [5, 5.41) is 7.33. The fraction of sp³-hybridized carbons (Fsp3) is 0.0952. The smallest absolute Gasteiger partial charge is 0.261 e. The Balaban J connectivity index is 1.49. The largest absolute Gasteiger partial charge is 0.493 e. The molecule has 0 bridgehead atoms. The van der Waals surface area contributed by atoms with Crippen molar-refractivity contribution in [3.63, 3.8) is 0 Å². The van der Waals surface area contributed by atoms with Crippen molar-refractivity contribution in [1.82, 2.24) is 14.6 Å². The molecule has 1 aliphatic rings. The zero-order chi connectivity index (χ0) is 18.2. The Morgan fingerprint density at radius 2 is 2.00 bits per heavy atom. The van der Waals surface area contributed by atoms with E-state index in [2.05, 4.69) is 15.4 Å². The summed E-state index contributed by atoms with van der Waals surface area (Å²) in [6, 6.07) is 17.5. The van der Waals surface area contributed by atoms with Crippen molar-refractivity contribution in [1.29, 1.82) is 0 Å². The molecular weight excluding hydrogens is 340 g/mol. The fourth-order valence-corrected chi connectivity index (χ4v) is 3.34. The number of aromatic nitrogens is 3. The SMILES string of the molecule is O=C(Nc1ccc2c(c1)CCO2)c1cnn2c(-c3ccccc3)ccnc12. The highest BCUT2D eigenvalue weighted by Crippen LogP contribution is 2.28. The minimum absolute atomic E-state index is 0.235. The van der Waals surface area contributed by atoms with Gasteiger partial charge in [-0.1, -0.05) is 30.3 Å². The molecule has 1 N–H and O–H groups in total. The summed E-state index contributed by atoms with van der Waals surface area (Å²) in [5.74, 6) is 0.653. The lowest BCUT2D eigenvalue weighted by Gasteiger charge is -2.07. The number of carbonyl (C=O) groups excluding carboxylic acids is 1. The van der Waals surface area contributed by atoms with Gasteiger partial charge in [-0.2, -0.15) is 5.10 Å². The average molecular weight is 356 g/mol. The Morgan fingerprint density at radius 1 is 1.11 bits per heavy atom. The molecule has 1 aliphatic heterocycles. The summed E-state index contributed by atoms with van der Waals surface area (Å²) in [5.41, 5.74) is 4.70.